The van der Waals surface area contributed by atoms with Crippen LogP contribution in [0.3, 0.4) is 0 Å². The van der Waals surface area contributed by atoms with Gasteiger partial charge in [-0.15, -0.1) is 0 Å². The van der Waals surface area contributed by atoms with Gasteiger partial charge in [0.15, 0.2) is 5.69 Å². The fourth-order valence-corrected chi connectivity index (χ4v) is 3.10. The van der Waals surface area contributed by atoms with Gasteiger partial charge in [0.05, 0.1) is 23.8 Å². The fourth-order valence-electron chi connectivity index (χ4n) is 3.10. The van der Waals surface area contributed by atoms with Crippen molar-refractivity contribution in [2.75, 3.05) is 6.61 Å². The molecule has 0 saturated heterocycles. The van der Waals surface area contributed by atoms with E-state index in [0.29, 0.717) is 23.4 Å². The first-order valence-electron chi connectivity index (χ1n) is 9.75. The number of carbonyl (C=O) groups is 1. The summed E-state index contributed by atoms with van der Waals surface area (Å²) in [6.45, 7) is 3.39. The van der Waals surface area contributed by atoms with Crippen LogP contribution in [0.5, 0.6) is 0 Å². The number of rotatable bonds is 7. The lowest BCUT2D eigenvalue weighted by atomic mass is 10.0. The Morgan fingerprint density at radius 1 is 1.23 bits per heavy atom. The molecule has 0 aliphatic carbocycles. The summed E-state index contributed by atoms with van der Waals surface area (Å²) in [4.78, 5) is 16.8. The molecule has 0 aliphatic heterocycles. The highest BCUT2D eigenvalue weighted by molar-refractivity contribution is 5.83. The van der Waals surface area contributed by atoms with E-state index in [-0.39, 0.29) is 24.8 Å². The Morgan fingerprint density at radius 2 is 2.00 bits per heavy atom. The van der Waals surface area contributed by atoms with Crippen LogP contribution in [-0.2, 0) is 23.9 Å². The Balaban J connectivity index is 1.78. The molecule has 0 aliphatic rings. The minimum Gasteiger partial charge on any atom is -0.396 e. The molecule has 9 heteroatoms. The van der Waals surface area contributed by atoms with E-state index < -0.39 is 17.8 Å². The highest BCUT2D eigenvalue weighted by Crippen LogP contribution is 2.29. The first kappa shape index (κ1) is 22.5. The predicted molar refractivity (Wildman–Crippen MR) is 109 cm³/mol. The first-order chi connectivity index (χ1) is 14.7. The molecule has 164 valence electrons. The van der Waals surface area contributed by atoms with Crippen LogP contribution >= 0.6 is 0 Å². The molecule has 1 atom stereocenters. The van der Waals surface area contributed by atoms with E-state index in [1.165, 1.54) is 4.68 Å². The monoisotopic (exact) mass is 432 g/mol. The molecule has 0 fully saturated rings. The summed E-state index contributed by atoms with van der Waals surface area (Å²) in [5.74, 6) is -0.893. The molecule has 1 amide bonds. The van der Waals surface area contributed by atoms with Crippen molar-refractivity contribution in [2.24, 2.45) is 0 Å². The lowest BCUT2D eigenvalue weighted by Crippen LogP contribution is -2.28. The van der Waals surface area contributed by atoms with Crippen molar-refractivity contribution in [2.45, 2.75) is 38.9 Å². The van der Waals surface area contributed by atoms with E-state index in [9.17, 15) is 18.0 Å². The SMILES string of the molecule is Cc1cccc(-n2nc(C(F)(F)F)cc2CNC(=O)C(C)c2ccc(CCO)nc2)c1. The maximum absolute atomic E-state index is 13.2. The number of hydrogen-bond acceptors (Lipinski definition) is 4. The molecule has 0 spiro atoms. The number of halogens is 3. The van der Waals surface area contributed by atoms with Crippen LogP contribution in [-0.4, -0.2) is 32.4 Å². The number of aromatic nitrogens is 3. The third-order valence-electron chi connectivity index (χ3n) is 4.87. The van der Waals surface area contributed by atoms with Crippen LogP contribution < -0.4 is 5.32 Å². The second-order valence-electron chi connectivity index (χ2n) is 7.27. The minimum absolute atomic E-state index is 0.0169. The summed E-state index contributed by atoms with van der Waals surface area (Å²) in [6.07, 6.45) is -2.61. The molecule has 2 aromatic heterocycles. The number of nitrogens with zero attached hydrogens (tertiary/aromatic N) is 3. The Labute approximate surface area is 177 Å². The third kappa shape index (κ3) is 5.49. The second-order valence-corrected chi connectivity index (χ2v) is 7.27. The average molecular weight is 432 g/mol. The van der Waals surface area contributed by atoms with E-state index in [4.69, 9.17) is 5.11 Å². The Hall–Kier alpha value is -3.20. The molecule has 0 saturated carbocycles. The number of aliphatic hydroxyl groups is 1. The summed E-state index contributed by atoms with van der Waals surface area (Å²) in [6, 6.07) is 11.4. The van der Waals surface area contributed by atoms with Gasteiger partial charge < -0.3 is 10.4 Å². The summed E-state index contributed by atoms with van der Waals surface area (Å²) < 4.78 is 40.9. The van der Waals surface area contributed by atoms with Crippen LogP contribution in [0.4, 0.5) is 13.2 Å². The normalized spacial score (nSPS) is 12.6. The van der Waals surface area contributed by atoms with Crippen LogP contribution in [0, 0.1) is 6.92 Å². The van der Waals surface area contributed by atoms with E-state index in [1.54, 1.807) is 43.5 Å². The van der Waals surface area contributed by atoms with E-state index in [0.717, 1.165) is 11.6 Å². The average Bonchev–Trinajstić information content (AvgIpc) is 3.17. The Bertz CT molecular complexity index is 1050. The van der Waals surface area contributed by atoms with Gasteiger partial charge in [0, 0.05) is 24.9 Å². The van der Waals surface area contributed by atoms with Gasteiger partial charge in [-0.05, 0) is 49.2 Å². The number of benzene rings is 1. The predicted octanol–water partition coefficient (Wildman–Crippen LogP) is 3.55. The van der Waals surface area contributed by atoms with Gasteiger partial charge in [-0.1, -0.05) is 18.2 Å². The second kappa shape index (κ2) is 9.30. The van der Waals surface area contributed by atoms with Crippen molar-refractivity contribution in [1.82, 2.24) is 20.1 Å². The van der Waals surface area contributed by atoms with E-state index in [2.05, 4.69) is 15.4 Å². The zero-order chi connectivity index (χ0) is 22.6. The van der Waals surface area contributed by atoms with Crippen LogP contribution in [0.25, 0.3) is 5.69 Å². The zero-order valence-electron chi connectivity index (χ0n) is 17.1. The standard InChI is InChI=1S/C22H23F3N4O2/c1-14-4-3-5-18(10-14)29-19(11-20(28-29)22(23,24)25)13-27-21(31)15(2)16-6-7-17(8-9-30)26-12-16/h3-7,10-12,15,30H,8-9,13H2,1-2H3,(H,27,31). The van der Waals surface area contributed by atoms with Gasteiger partial charge >= 0.3 is 6.18 Å². The third-order valence-corrected chi connectivity index (χ3v) is 4.87. The number of hydrogen-bond donors (Lipinski definition) is 2. The van der Waals surface area contributed by atoms with Crippen molar-refractivity contribution >= 4 is 5.91 Å². The molecule has 3 rings (SSSR count). The van der Waals surface area contributed by atoms with Gasteiger partial charge in [0.25, 0.3) is 0 Å². The van der Waals surface area contributed by atoms with Crippen LogP contribution in [0.15, 0.2) is 48.7 Å². The molecule has 6 nitrogen and oxygen atoms in total. The lowest BCUT2D eigenvalue weighted by molar-refractivity contribution is -0.141. The maximum atomic E-state index is 13.2. The number of carbonyl (C=O) groups excluding carboxylic acids is 1. The number of aliphatic hydroxyl groups excluding tert-OH is 1. The number of amides is 1. The van der Waals surface area contributed by atoms with Crippen LogP contribution in [0.2, 0.25) is 0 Å². The first-order valence-corrected chi connectivity index (χ1v) is 9.75. The molecule has 2 N–H and O–H groups in total. The van der Waals surface area contributed by atoms with Crippen molar-refractivity contribution in [3.05, 3.63) is 76.9 Å². The minimum atomic E-state index is -4.59. The summed E-state index contributed by atoms with van der Waals surface area (Å²) in [5, 5.41) is 15.4. The fraction of sp³-hybridized carbons (Fsp3) is 0.318. The highest BCUT2D eigenvalue weighted by Gasteiger charge is 2.35. The van der Waals surface area contributed by atoms with Crippen molar-refractivity contribution in [3.63, 3.8) is 0 Å². The zero-order valence-corrected chi connectivity index (χ0v) is 17.1. The number of pyridine rings is 1. The van der Waals surface area contributed by atoms with Gasteiger partial charge in [-0.2, -0.15) is 18.3 Å². The molecule has 0 radical (unpaired) electrons. The quantitative estimate of drug-likeness (QED) is 0.599. The van der Waals surface area contributed by atoms with E-state index in [1.807, 2.05) is 13.0 Å². The number of aryl methyl sites for hydroxylation is 1. The maximum Gasteiger partial charge on any atom is 0.435 e. The molecular weight excluding hydrogens is 409 g/mol. The Morgan fingerprint density at radius 3 is 2.61 bits per heavy atom. The van der Waals surface area contributed by atoms with Crippen molar-refractivity contribution in [1.29, 1.82) is 0 Å². The topological polar surface area (TPSA) is 80.0 Å². The largest absolute Gasteiger partial charge is 0.435 e. The van der Waals surface area contributed by atoms with Crippen molar-refractivity contribution in [3.8, 4) is 5.69 Å². The molecule has 1 aromatic carbocycles. The number of nitrogens with one attached hydrogen (secondary N) is 1. The van der Waals surface area contributed by atoms with Crippen molar-refractivity contribution < 1.29 is 23.1 Å². The Kier molecular flexibility index (Phi) is 6.74. The summed E-state index contributed by atoms with van der Waals surface area (Å²) in [7, 11) is 0. The lowest BCUT2D eigenvalue weighted by Gasteiger charge is -2.14. The van der Waals surface area contributed by atoms with Gasteiger partial charge in [-0.3, -0.25) is 9.78 Å². The summed E-state index contributed by atoms with van der Waals surface area (Å²) >= 11 is 0. The molecule has 1 unspecified atom stereocenters. The smallest absolute Gasteiger partial charge is 0.396 e. The van der Waals surface area contributed by atoms with Gasteiger partial charge in [0.2, 0.25) is 5.91 Å². The van der Waals surface area contributed by atoms with Gasteiger partial charge in [-0.25, -0.2) is 4.68 Å². The van der Waals surface area contributed by atoms with Crippen LogP contribution in [0.1, 0.15) is 41.1 Å². The highest BCUT2D eigenvalue weighted by atomic mass is 19.4. The molecule has 31 heavy (non-hydrogen) atoms. The van der Waals surface area contributed by atoms with Gasteiger partial charge in [0.1, 0.15) is 0 Å². The molecule has 3 aromatic rings. The summed E-state index contributed by atoms with van der Waals surface area (Å²) in [5.41, 5.74) is 1.94. The molecular formula is C22H23F3N4O2. The molecule has 2 heterocycles. The number of alkyl halides is 3. The van der Waals surface area contributed by atoms with E-state index >= 15 is 0 Å². The molecule has 0 bridgehead atoms.